The molecule has 1 aliphatic rings. The molecule has 0 aromatic heterocycles. The van der Waals surface area contributed by atoms with Crippen LogP contribution in [0.3, 0.4) is 0 Å². The topological polar surface area (TPSA) is 95.9 Å². The Bertz CT molecular complexity index is 674. The standard InChI is InChI=1S/C16H24N2O5S/c1-13-3-5-14(6-4-13)9-16(12-19)11-18(7-8-23-16)15(20)10-17-24(2,21)22/h3-6,17,19H,7-12H2,1-2H3/t16-/m1/s1. The minimum atomic E-state index is -3.42. The van der Waals surface area contributed by atoms with Gasteiger partial charge in [-0.1, -0.05) is 29.8 Å². The van der Waals surface area contributed by atoms with Crippen LogP contribution in [0, 0.1) is 6.92 Å². The van der Waals surface area contributed by atoms with Crippen molar-refractivity contribution in [3.8, 4) is 0 Å². The maximum Gasteiger partial charge on any atom is 0.237 e. The minimum absolute atomic E-state index is 0.218. The molecule has 1 saturated heterocycles. The fourth-order valence-electron chi connectivity index (χ4n) is 2.70. The largest absolute Gasteiger partial charge is 0.393 e. The van der Waals surface area contributed by atoms with Crippen LogP contribution in [0.4, 0.5) is 0 Å². The number of amides is 1. The normalized spacial score (nSPS) is 21.7. The number of morpholine rings is 1. The molecule has 1 atom stereocenters. The highest BCUT2D eigenvalue weighted by atomic mass is 32.2. The van der Waals surface area contributed by atoms with E-state index in [4.69, 9.17) is 4.74 Å². The van der Waals surface area contributed by atoms with Gasteiger partial charge in [-0.2, -0.15) is 0 Å². The van der Waals surface area contributed by atoms with E-state index < -0.39 is 15.6 Å². The smallest absolute Gasteiger partial charge is 0.237 e. The second kappa shape index (κ2) is 7.60. The number of nitrogens with zero attached hydrogens (tertiary/aromatic N) is 1. The highest BCUT2D eigenvalue weighted by molar-refractivity contribution is 7.88. The molecule has 0 radical (unpaired) electrons. The van der Waals surface area contributed by atoms with Crippen molar-refractivity contribution in [1.29, 1.82) is 0 Å². The summed E-state index contributed by atoms with van der Waals surface area (Å²) in [4.78, 5) is 13.7. The Hall–Kier alpha value is -1.48. The summed E-state index contributed by atoms with van der Waals surface area (Å²) in [5.74, 6) is -0.328. The van der Waals surface area contributed by atoms with E-state index in [1.807, 2.05) is 31.2 Å². The molecule has 7 nitrogen and oxygen atoms in total. The lowest BCUT2D eigenvalue weighted by molar-refractivity contribution is -0.156. The Kier molecular flexibility index (Phi) is 5.97. The highest BCUT2D eigenvalue weighted by Gasteiger charge is 2.38. The molecule has 1 amide bonds. The van der Waals surface area contributed by atoms with Gasteiger partial charge in [0.25, 0.3) is 0 Å². The molecule has 1 fully saturated rings. The summed E-state index contributed by atoms with van der Waals surface area (Å²) in [6.45, 7) is 2.39. The molecule has 2 rings (SSSR count). The van der Waals surface area contributed by atoms with Crippen LogP contribution in [-0.2, 0) is 26.0 Å². The van der Waals surface area contributed by atoms with Gasteiger partial charge in [0.05, 0.1) is 32.6 Å². The molecule has 1 aromatic carbocycles. The molecule has 8 heteroatoms. The lowest BCUT2D eigenvalue weighted by atomic mass is 9.92. The first-order chi connectivity index (χ1) is 11.2. The first-order valence-corrected chi connectivity index (χ1v) is 9.65. The molecule has 1 aliphatic heterocycles. The van der Waals surface area contributed by atoms with Gasteiger partial charge in [-0.05, 0) is 12.5 Å². The SMILES string of the molecule is Cc1ccc(C[C@]2(CO)CN(C(=O)CNS(C)(=O)=O)CCO2)cc1. The van der Waals surface area contributed by atoms with Gasteiger partial charge in [0.15, 0.2) is 0 Å². The number of aliphatic hydroxyl groups is 1. The summed E-state index contributed by atoms with van der Waals surface area (Å²) in [6, 6.07) is 7.93. The molecule has 0 aliphatic carbocycles. The number of hydrogen-bond acceptors (Lipinski definition) is 5. The third-order valence-corrected chi connectivity index (χ3v) is 4.69. The number of hydrogen-bond donors (Lipinski definition) is 2. The van der Waals surface area contributed by atoms with Crippen LogP contribution in [0.5, 0.6) is 0 Å². The Morgan fingerprint density at radius 1 is 1.38 bits per heavy atom. The molecule has 0 bridgehead atoms. The van der Waals surface area contributed by atoms with Gasteiger partial charge in [-0.25, -0.2) is 13.1 Å². The van der Waals surface area contributed by atoms with E-state index in [0.29, 0.717) is 19.6 Å². The molecule has 24 heavy (non-hydrogen) atoms. The van der Waals surface area contributed by atoms with Crippen LogP contribution >= 0.6 is 0 Å². The quantitative estimate of drug-likeness (QED) is 0.728. The van der Waals surface area contributed by atoms with Crippen LogP contribution in [0.25, 0.3) is 0 Å². The summed E-state index contributed by atoms with van der Waals surface area (Å²) in [5, 5.41) is 9.84. The Balaban J connectivity index is 2.05. The molecule has 1 heterocycles. The number of benzene rings is 1. The van der Waals surface area contributed by atoms with Crippen molar-refractivity contribution in [3.05, 3.63) is 35.4 Å². The van der Waals surface area contributed by atoms with E-state index in [-0.39, 0.29) is 25.6 Å². The fourth-order valence-corrected chi connectivity index (χ4v) is 3.08. The van der Waals surface area contributed by atoms with Crippen molar-refractivity contribution in [1.82, 2.24) is 9.62 Å². The van der Waals surface area contributed by atoms with E-state index in [2.05, 4.69) is 4.72 Å². The number of aryl methyl sites for hydroxylation is 1. The number of ether oxygens (including phenoxy) is 1. The van der Waals surface area contributed by atoms with Crippen LogP contribution in [0.2, 0.25) is 0 Å². The van der Waals surface area contributed by atoms with E-state index in [0.717, 1.165) is 17.4 Å². The van der Waals surface area contributed by atoms with E-state index in [9.17, 15) is 18.3 Å². The average molecular weight is 356 g/mol. The first kappa shape index (κ1) is 18.9. The minimum Gasteiger partial charge on any atom is -0.393 e. The number of sulfonamides is 1. The van der Waals surface area contributed by atoms with Crippen molar-refractivity contribution < 1.29 is 23.1 Å². The third kappa shape index (κ3) is 5.27. The zero-order chi connectivity index (χ0) is 17.8. The van der Waals surface area contributed by atoms with Crippen molar-refractivity contribution in [2.45, 2.75) is 18.9 Å². The van der Waals surface area contributed by atoms with Gasteiger partial charge < -0.3 is 14.7 Å². The molecule has 2 N–H and O–H groups in total. The number of aliphatic hydroxyl groups excluding tert-OH is 1. The molecular formula is C16H24N2O5S. The summed E-state index contributed by atoms with van der Waals surface area (Å²) in [6.07, 6.45) is 1.49. The average Bonchev–Trinajstić information content (AvgIpc) is 2.54. The van der Waals surface area contributed by atoms with Crippen molar-refractivity contribution >= 4 is 15.9 Å². The molecule has 134 valence electrons. The van der Waals surface area contributed by atoms with Crippen LogP contribution in [-0.4, -0.2) is 69.0 Å². The molecule has 0 spiro atoms. The first-order valence-electron chi connectivity index (χ1n) is 7.76. The Labute approximate surface area is 142 Å². The van der Waals surface area contributed by atoms with Gasteiger partial charge in [0.1, 0.15) is 5.60 Å². The van der Waals surface area contributed by atoms with E-state index >= 15 is 0 Å². The maximum atomic E-state index is 12.2. The zero-order valence-corrected chi connectivity index (χ0v) is 14.8. The van der Waals surface area contributed by atoms with Gasteiger partial charge in [0.2, 0.25) is 15.9 Å². The number of carbonyl (C=O) groups excluding carboxylic acids is 1. The lowest BCUT2D eigenvalue weighted by Gasteiger charge is -2.42. The monoisotopic (exact) mass is 356 g/mol. The maximum absolute atomic E-state index is 12.2. The predicted octanol–water partition coefficient (Wildman–Crippen LogP) is -0.323. The summed E-state index contributed by atoms with van der Waals surface area (Å²) < 4.78 is 30.2. The molecular weight excluding hydrogens is 332 g/mol. The van der Waals surface area contributed by atoms with Gasteiger partial charge in [-0.3, -0.25) is 4.79 Å². The molecule has 0 unspecified atom stereocenters. The summed E-state index contributed by atoms with van der Waals surface area (Å²) >= 11 is 0. The van der Waals surface area contributed by atoms with Gasteiger partial charge >= 0.3 is 0 Å². The molecule has 0 saturated carbocycles. The number of nitrogens with one attached hydrogen (secondary N) is 1. The Morgan fingerprint density at radius 2 is 2.04 bits per heavy atom. The van der Waals surface area contributed by atoms with Crippen molar-refractivity contribution in [2.75, 3.05) is 39.1 Å². The van der Waals surface area contributed by atoms with Crippen molar-refractivity contribution in [3.63, 3.8) is 0 Å². The Morgan fingerprint density at radius 3 is 2.62 bits per heavy atom. The highest BCUT2D eigenvalue weighted by Crippen LogP contribution is 2.23. The van der Waals surface area contributed by atoms with Crippen LogP contribution < -0.4 is 4.72 Å². The lowest BCUT2D eigenvalue weighted by Crippen LogP contribution is -2.58. The van der Waals surface area contributed by atoms with E-state index in [1.54, 1.807) is 0 Å². The third-order valence-electron chi connectivity index (χ3n) is 4.02. The van der Waals surface area contributed by atoms with Crippen molar-refractivity contribution in [2.24, 2.45) is 0 Å². The number of carbonyl (C=O) groups is 1. The zero-order valence-electron chi connectivity index (χ0n) is 14.0. The summed E-state index contributed by atoms with van der Waals surface area (Å²) in [7, 11) is -3.42. The fraction of sp³-hybridized carbons (Fsp3) is 0.562. The predicted molar refractivity (Wildman–Crippen MR) is 90.1 cm³/mol. The second-order valence-electron chi connectivity index (χ2n) is 6.26. The van der Waals surface area contributed by atoms with Crippen LogP contribution in [0.1, 0.15) is 11.1 Å². The summed E-state index contributed by atoms with van der Waals surface area (Å²) in [5.41, 5.74) is 1.29. The van der Waals surface area contributed by atoms with Gasteiger partial charge in [-0.15, -0.1) is 0 Å². The molecule has 1 aromatic rings. The van der Waals surface area contributed by atoms with Crippen LogP contribution in [0.15, 0.2) is 24.3 Å². The van der Waals surface area contributed by atoms with Gasteiger partial charge in [0, 0.05) is 13.0 Å². The second-order valence-corrected chi connectivity index (χ2v) is 8.09. The van der Waals surface area contributed by atoms with E-state index in [1.165, 1.54) is 4.90 Å². The number of rotatable bonds is 6.